The molecular formula is C15H16N2O2S. The highest BCUT2D eigenvalue weighted by Crippen LogP contribution is 2.30. The SMILES string of the molecule is Cc1ccc(C=NNC(=O)c2csc3c2CCCC3)o1. The summed E-state index contributed by atoms with van der Waals surface area (Å²) in [5.41, 5.74) is 4.56. The van der Waals surface area contributed by atoms with Gasteiger partial charge in [-0.2, -0.15) is 5.10 Å². The van der Waals surface area contributed by atoms with Crippen molar-refractivity contribution in [2.45, 2.75) is 32.6 Å². The maximum Gasteiger partial charge on any atom is 0.272 e. The van der Waals surface area contributed by atoms with Crippen molar-refractivity contribution in [2.24, 2.45) is 5.10 Å². The maximum absolute atomic E-state index is 12.1. The minimum absolute atomic E-state index is 0.135. The fourth-order valence-corrected chi connectivity index (χ4v) is 3.55. The monoisotopic (exact) mass is 288 g/mol. The topological polar surface area (TPSA) is 54.6 Å². The molecule has 0 atom stereocenters. The highest BCUT2D eigenvalue weighted by atomic mass is 32.1. The fourth-order valence-electron chi connectivity index (χ4n) is 2.42. The number of nitrogens with zero attached hydrogens (tertiary/aromatic N) is 1. The van der Waals surface area contributed by atoms with E-state index in [0.29, 0.717) is 5.76 Å². The summed E-state index contributed by atoms with van der Waals surface area (Å²) in [6.07, 6.45) is 6.01. The summed E-state index contributed by atoms with van der Waals surface area (Å²) in [5.74, 6) is 1.32. The van der Waals surface area contributed by atoms with E-state index in [0.717, 1.165) is 24.2 Å². The van der Waals surface area contributed by atoms with Gasteiger partial charge in [0.05, 0.1) is 11.8 Å². The van der Waals surface area contributed by atoms with Gasteiger partial charge in [0, 0.05) is 10.3 Å². The lowest BCUT2D eigenvalue weighted by Crippen LogP contribution is -2.19. The number of carbonyl (C=O) groups is 1. The second-order valence-electron chi connectivity index (χ2n) is 4.91. The van der Waals surface area contributed by atoms with Gasteiger partial charge in [-0.3, -0.25) is 4.79 Å². The van der Waals surface area contributed by atoms with E-state index < -0.39 is 0 Å². The summed E-state index contributed by atoms with van der Waals surface area (Å²) in [5, 5.41) is 5.89. The van der Waals surface area contributed by atoms with Gasteiger partial charge in [-0.1, -0.05) is 0 Å². The van der Waals surface area contributed by atoms with Crippen molar-refractivity contribution < 1.29 is 9.21 Å². The van der Waals surface area contributed by atoms with Crippen molar-refractivity contribution in [1.29, 1.82) is 0 Å². The van der Waals surface area contributed by atoms with Crippen LogP contribution >= 0.6 is 11.3 Å². The highest BCUT2D eigenvalue weighted by molar-refractivity contribution is 7.10. The van der Waals surface area contributed by atoms with E-state index in [1.165, 1.54) is 29.5 Å². The normalized spacial score (nSPS) is 14.4. The van der Waals surface area contributed by atoms with E-state index in [4.69, 9.17) is 4.42 Å². The first-order chi connectivity index (χ1) is 9.74. The number of furan rings is 1. The molecule has 2 aromatic heterocycles. The van der Waals surface area contributed by atoms with E-state index in [1.54, 1.807) is 11.3 Å². The zero-order valence-electron chi connectivity index (χ0n) is 11.3. The van der Waals surface area contributed by atoms with Crippen LogP contribution in [-0.2, 0) is 12.8 Å². The van der Waals surface area contributed by atoms with Crippen molar-refractivity contribution in [1.82, 2.24) is 5.43 Å². The Morgan fingerprint density at radius 2 is 2.25 bits per heavy atom. The lowest BCUT2D eigenvalue weighted by Gasteiger charge is -2.11. The van der Waals surface area contributed by atoms with E-state index in [-0.39, 0.29) is 5.91 Å². The van der Waals surface area contributed by atoms with E-state index in [2.05, 4.69) is 10.5 Å². The molecule has 5 heteroatoms. The van der Waals surface area contributed by atoms with E-state index in [1.807, 2.05) is 24.4 Å². The first-order valence-electron chi connectivity index (χ1n) is 6.73. The lowest BCUT2D eigenvalue weighted by atomic mass is 9.96. The van der Waals surface area contributed by atoms with E-state index in [9.17, 15) is 4.79 Å². The number of thiophene rings is 1. The molecule has 0 saturated heterocycles. The first kappa shape index (κ1) is 13.1. The van der Waals surface area contributed by atoms with Crippen LogP contribution in [0.3, 0.4) is 0 Å². The zero-order valence-corrected chi connectivity index (χ0v) is 12.1. The third kappa shape index (κ3) is 2.67. The summed E-state index contributed by atoms with van der Waals surface area (Å²) >= 11 is 1.68. The Kier molecular flexibility index (Phi) is 3.69. The van der Waals surface area contributed by atoms with Crippen LogP contribution in [0.1, 0.15) is 45.2 Å². The molecule has 1 aliphatic rings. The number of carbonyl (C=O) groups excluding carboxylic acids is 1. The Bertz CT molecular complexity index is 655. The number of hydrazone groups is 1. The molecule has 0 unspecified atom stereocenters. The molecule has 1 amide bonds. The summed E-state index contributed by atoms with van der Waals surface area (Å²) < 4.78 is 5.35. The molecule has 20 heavy (non-hydrogen) atoms. The quantitative estimate of drug-likeness (QED) is 0.696. The molecule has 104 valence electrons. The van der Waals surface area contributed by atoms with Gasteiger partial charge in [0.1, 0.15) is 11.5 Å². The van der Waals surface area contributed by atoms with Gasteiger partial charge in [-0.25, -0.2) is 5.43 Å². The fraction of sp³-hybridized carbons (Fsp3) is 0.333. The molecule has 0 spiro atoms. The average Bonchev–Trinajstić information content (AvgIpc) is 3.05. The van der Waals surface area contributed by atoms with Crippen molar-refractivity contribution in [2.75, 3.05) is 0 Å². The van der Waals surface area contributed by atoms with Crippen LogP contribution in [0.2, 0.25) is 0 Å². The zero-order chi connectivity index (χ0) is 13.9. The molecule has 0 saturated carbocycles. The van der Waals surface area contributed by atoms with Gasteiger partial charge in [-0.15, -0.1) is 11.3 Å². The van der Waals surface area contributed by atoms with Crippen LogP contribution in [0.4, 0.5) is 0 Å². The molecule has 0 aromatic carbocycles. The minimum Gasteiger partial charge on any atom is -0.460 e. The smallest absolute Gasteiger partial charge is 0.272 e. The van der Waals surface area contributed by atoms with Crippen molar-refractivity contribution >= 4 is 23.5 Å². The Labute approximate surface area is 121 Å². The van der Waals surface area contributed by atoms with Crippen molar-refractivity contribution in [3.63, 3.8) is 0 Å². The molecule has 1 N–H and O–H groups in total. The second kappa shape index (κ2) is 5.63. The molecule has 1 aliphatic carbocycles. The molecular weight excluding hydrogens is 272 g/mol. The molecule has 0 bridgehead atoms. The Morgan fingerprint density at radius 1 is 1.40 bits per heavy atom. The van der Waals surface area contributed by atoms with Crippen molar-refractivity contribution in [3.8, 4) is 0 Å². The van der Waals surface area contributed by atoms with Crippen LogP contribution in [0.15, 0.2) is 27.0 Å². The molecule has 2 aromatic rings. The van der Waals surface area contributed by atoms with Gasteiger partial charge in [0.25, 0.3) is 5.91 Å². The van der Waals surface area contributed by atoms with Gasteiger partial charge in [0.2, 0.25) is 0 Å². The average molecular weight is 288 g/mol. The van der Waals surface area contributed by atoms with Gasteiger partial charge in [-0.05, 0) is 50.3 Å². The maximum atomic E-state index is 12.1. The summed E-state index contributed by atoms with van der Waals surface area (Å²) in [4.78, 5) is 13.5. The van der Waals surface area contributed by atoms with Gasteiger partial charge < -0.3 is 4.42 Å². The van der Waals surface area contributed by atoms with Crippen LogP contribution in [0.5, 0.6) is 0 Å². The van der Waals surface area contributed by atoms with Gasteiger partial charge >= 0.3 is 0 Å². The Balaban J connectivity index is 1.67. The molecule has 0 radical (unpaired) electrons. The number of hydrogen-bond donors (Lipinski definition) is 1. The molecule has 4 nitrogen and oxygen atoms in total. The predicted molar refractivity (Wildman–Crippen MR) is 79.5 cm³/mol. The summed E-state index contributed by atoms with van der Waals surface area (Å²) in [7, 11) is 0. The number of amides is 1. The second-order valence-corrected chi connectivity index (χ2v) is 5.87. The minimum atomic E-state index is -0.135. The van der Waals surface area contributed by atoms with E-state index >= 15 is 0 Å². The Morgan fingerprint density at radius 3 is 3.05 bits per heavy atom. The predicted octanol–water partition coefficient (Wildman–Crippen LogP) is 3.29. The molecule has 3 rings (SSSR count). The third-order valence-corrected chi connectivity index (χ3v) is 4.51. The number of fused-ring (bicyclic) bond motifs is 1. The van der Waals surface area contributed by atoms with Crippen LogP contribution in [0, 0.1) is 6.92 Å². The third-order valence-electron chi connectivity index (χ3n) is 3.43. The first-order valence-corrected chi connectivity index (χ1v) is 7.61. The van der Waals surface area contributed by atoms with Gasteiger partial charge in [0.15, 0.2) is 0 Å². The largest absolute Gasteiger partial charge is 0.460 e. The number of hydrogen-bond acceptors (Lipinski definition) is 4. The molecule has 2 heterocycles. The van der Waals surface area contributed by atoms with Crippen LogP contribution in [0.25, 0.3) is 0 Å². The Hall–Kier alpha value is -1.88. The van der Waals surface area contributed by atoms with Crippen LogP contribution < -0.4 is 5.43 Å². The molecule has 0 fully saturated rings. The highest BCUT2D eigenvalue weighted by Gasteiger charge is 2.19. The number of rotatable bonds is 3. The van der Waals surface area contributed by atoms with Crippen LogP contribution in [-0.4, -0.2) is 12.1 Å². The number of aryl methyl sites for hydroxylation is 2. The standard InChI is InChI=1S/C15H16N2O2S/c1-10-6-7-11(19-10)8-16-17-15(18)13-9-20-14-5-3-2-4-12(13)14/h6-9H,2-5H2,1H3,(H,17,18). The summed E-state index contributed by atoms with van der Waals surface area (Å²) in [6, 6.07) is 3.68. The number of nitrogens with one attached hydrogen (secondary N) is 1. The summed E-state index contributed by atoms with van der Waals surface area (Å²) in [6.45, 7) is 1.87. The molecule has 0 aliphatic heterocycles. The van der Waals surface area contributed by atoms with Crippen molar-refractivity contribution in [3.05, 3.63) is 45.0 Å². The lowest BCUT2D eigenvalue weighted by molar-refractivity contribution is 0.0954.